The van der Waals surface area contributed by atoms with Crippen LogP contribution in [-0.2, 0) is 9.53 Å². The Balaban J connectivity index is 1.20. The topological polar surface area (TPSA) is 36.0 Å². The normalized spacial score (nSPS) is 35.8. The van der Waals surface area contributed by atoms with E-state index in [2.05, 4.69) is 9.80 Å². The molecule has 4 rings (SSSR count). The molecule has 0 aromatic carbocycles. The highest BCUT2D eigenvalue weighted by molar-refractivity contribution is 5.81. The number of carbonyl (C=O) groups excluding carboxylic acids is 1. The van der Waals surface area contributed by atoms with Crippen LogP contribution in [-0.4, -0.2) is 84.7 Å². The molecule has 4 fully saturated rings. The average Bonchev–Trinajstić information content (AvgIpc) is 3.19. The van der Waals surface area contributed by atoms with Gasteiger partial charge in [-0.05, 0) is 38.5 Å². The third kappa shape index (κ3) is 3.42. The molecule has 0 aliphatic carbocycles. The second-order valence-electron chi connectivity index (χ2n) is 7.72. The summed E-state index contributed by atoms with van der Waals surface area (Å²) >= 11 is 0. The van der Waals surface area contributed by atoms with Crippen LogP contribution < -0.4 is 0 Å². The van der Waals surface area contributed by atoms with E-state index in [-0.39, 0.29) is 12.0 Å². The van der Waals surface area contributed by atoms with Gasteiger partial charge in [0, 0.05) is 58.0 Å². The number of hydrogen-bond donors (Lipinski definition) is 0. The lowest BCUT2D eigenvalue weighted by Gasteiger charge is -2.39. The highest BCUT2D eigenvalue weighted by Crippen LogP contribution is 2.35. The van der Waals surface area contributed by atoms with Gasteiger partial charge in [0.25, 0.3) is 5.91 Å². The molecule has 0 N–H and O–H groups in total. The number of piperazine rings is 1. The minimum atomic E-state index is -0.148. The van der Waals surface area contributed by atoms with Gasteiger partial charge in [-0.3, -0.25) is 14.6 Å². The highest BCUT2D eigenvalue weighted by atomic mass is 16.5. The average molecular weight is 321 g/mol. The van der Waals surface area contributed by atoms with Crippen LogP contribution in [0.4, 0.5) is 0 Å². The number of piperidine rings is 1. The smallest absolute Gasteiger partial charge is 0.251 e. The van der Waals surface area contributed by atoms with Gasteiger partial charge in [0.15, 0.2) is 0 Å². The Morgan fingerprint density at radius 1 is 0.870 bits per heavy atom. The van der Waals surface area contributed by atoms with Gasteiger partial charge in [0.1, 0.15) is 6.10 Å². The predicted molar refractivity (Wildman–Crippen MR) is 89.4 cm³/mol. The summed E-state index contributed by atoms with van der Waals surface area (Å²) in [5, 5.41) is 0. The molecule has 0 radical (unpaired) electrons. The first-order valence-electron chi connectivity index (χ1n) is 9.70. The van der Waals surface area contributed by atoms with Crippen LogP contribution in [0, 0.1) is 0 Å². The van der Waals surface area contributed by atoms with Crippen LogP contribution >= 0.6 is 0 Å². The van der Waals surface area contributed by atoms with Gasteiger partial charge in [-0.15, -0.1) is 0 Å². The molecule has 4 saturated heterocycles. The van der Waals surface area contributed by atoms with Crippen LogP contribution in [0.15, 0.2) is 0 Å². The van der Waals surface area contributed by atoms with E-state index in [1.54, 1.807) is 0 Å². The van der Waals surface area contributed by atoms with Crippen molar-refractivity contribution in [2.45, 2.75) is 63.1 Å². The molecular formula is C18H31N3O2. The zero-order valence-electron chi connectivity index (χ0n) is 14.3. The van der Waals surface area contributed by atoms with Crippen molar-refractivity contribution >= 4 is 5.91 Å². The van der Waals surface area contributed by atoms with Gasteiger partial charge in [-0.1, -0.05) is 6.42 Å². The number of nitrogens with zero attached hydrogens (tertiary/aromatic N) is 3. The van der Waals surface area contributed by atoms with E-state index in [4.69, 9.17) is 4.74 Å². The first-order chi connectivity index (χ1) is 11.3. The fourth-order valence-corrected chi connectivity index (χ4v) is 5.01. The number of carbonyl (C=O) groups is 1. The Morgan fingerprint density at radius 3 is 2.26 bits per heavy atom. The molecule has 0 spiro atoms. The molecular weight excluding hydrogens is 290 g/mol. The van der Waals surface area contributed by atoms with Crippen molar-refractivity contribution < 1.29 is 9.53 Å². The van der Waals surface area contributed by atoms with Crippen LogP contribution in [0.1, 0.15) is 44.9 Å². The van der Waals surface area contributed by atoms with Crippen molar-refractivity contribution in [2.75, 3.05) is 45.9 Å². The molecule has 4 heterocycles. The Kier molecular flexibility index (Phi) is 4.88. The van der Waals surface area contributed by atoms with Gasteiger partial charge in [-0.25, -0.2) is 0 Å². The summed E-state index contributed by atoms with van der Waals surface area (Å²) < 4.78 is 5.54. The molecule has 0 aromatic heterocycles. The van der Waals surface area contributed by atoms with Gasteiger partial charge in [0.2, 0.25) is 0 Å². The predicted octanol–water partition coefficient (Wildman–Crippen LogP) is 1.33. The summed E-state index contributed by atoms with van der Waals surface area (Å²) in [6.07, 6.45) is 8.93. The van der Waals surface area contributed by atoms with Crippen molar-refractivity contribution in [3.63, 3.8) is 0 Å². The van der Waals surface area contributed by atoms with E-state index in [9.17, 15) is 4.79 Å². The molecule has 0 aromatic rings. The first kappa shape index (κ1) is 15.9. The summed E-state index contributed by atoms with van der Waals surface area (Å²) in [5.74, 6) is 0.233. The van der Waals surface area contributed by atoms with Gasteiger partial charge in [0.05, 0.1) is 0 Å². The maximum absolute atomic E-state index is 12.4. The molecule has 1 unspecified atom stereocenters. The molecule has 1 amide bonds. The quantitative estimate of drug-likeness (QED) is 0.783. The van der Waals surface area contributed by atoms with E-state index in [1.165, 1.54) is 45.2 Å². The van der Waals surface area contributed by atoms with Gasteiger partial charge < -0.3 is 9.64 Å². The van der Waals surface area contributed by atoms with E-state index in [1.807, 2.05) is 4.90 Å². The van der Waals surface area contributed by atoms with Gasteiger partial charge in [-0.2, -0.15) is 0 Å². The molecule has 2 bridgehead atoms. The van der Waals surface area contributed by atoms with Crippen LogP contribution in [0.25, 0.3) is 0 Å². The highest BCUT2D eigenvalue weighted by Gasteiger charge is 2.36. The minimum absolute atomic E-state index is 0.148. The van der Waals surface area contributed by atoms with E-state index >= 15 is 0 Å². The lowest BCUT2D eigenvalue weighted by atomic mass is 10.0. The lowest BCUT2D eigenvalue weighted by Crippen LogP contribution is -2.53. The van der Waals surface area contributed by atoms with Crippen molar-refractivity contribution in [3.8, 4) is 0 Å². The molecule has 3 atom stereocenters. The van der Waals surface area contributed by atoms with E-state index in [0.717, 1.165) is 57.7 Å². The summed E-state index contributed by atoms with van der Waals surface area (Å²) in [6.45, 7) is 6.99. The van der Waals surface area contributed by atoms with Crippen molar-refractivity contribution in [1.29, 1.82) is 0 Å². The van der Waals surface area contributed by atoms with Crippen molar-refractivity contribution in [3.05, 3.63) is 0 Å². The van der Waals surface area contributed by atoms with Crippen LogP contribution in [0.2, 0.25) is 0 Å². The molecule has 23 heavy (non-hydrogen) atoms. The zero-order chi connectivity index (χ0) is 15.6. The fraction of sp³-hybridized carbons (Fsp3) is 0.944. The summed E-state index contributed by atoms with van der Waals surface area (Å²) in [4.78, 5) is 19.7. The summed E-state index contributed by atoms with van der Waals surface area (Å²) in [7, 11) is 0. The lowest BCUT2D eigenvalue weighted by molar-refractivity contribution is -0.142. The second-order valence-corrected chi connectivity index (χ2v) is 7.72. The molecule has 4 aliphatic heterocycles. The van der Waals surface area contributed by atoms with Crippen molar-refractivity contribution in [2.24, 2.45) is 0 Å². The van der Waals surface area contributed by atoms with Crippen LogP contribution in [0.3, 0.4) is 0 Å². The summed E-state index contributed by atoms with van der Waals surface area (Å²) in [5.41, 5.74) is 0. The molecule has 4 aliphatic rings. The minimum Gasteiger partial charge on any atom is -0.368 e. The standard InChI is InChI=1S/C18H31N3O2/c22-18(17-5-2-14-23-17)20-11-8-19(9-12-20)10-13-21-15-3-1-4-16(21)7-6-15/h15-17H,1-14H2/t15-,16+,17?. The Bertz CT molecular complexity index is 400. The van der Waals surface area contributed by atoms with E-state index < -0.39 is 0 Å². The van der Waals surface area contributed by atoms with Gasteiger partial charge >= 0.3 is 0 Å². The Morgan fingerprint density at radius 2 is 1.61 bits per heavy atom. The Hall–Kier alpha value is -0.650. The number of ether oxygens (including phenoxy) is 1. The monoisotopic (exact) mass is 321 g/mol. The SMILES string of the molecule is O=C(C1CCCO1)N1CCN(CCN2[C@@H]3CCC[C@H]2CC3)CC1. The molecule has 0 saturated carbocycles. The van der Waals surface area contributed by atoms with Crippen LogP contribution in [0.5, 0.6) is 0 Å². The number of amides is 1. The molecule has 130 valence electrons. The largest absolute Gasteiger partial charge is 0.368 e. The fourth-order valence-electron chi connectivity index (χ4n) is 5.01. The van der Waals surface area contributed by atoms with E-state index in [0.29, 0.717) is 0 Å². The number of hydrogen-bond acceptors (Lipinski definition) is 4. The number of fused-ring (bicyclic) bond motifs is 2. The molecule has 5 heteroatoms. The van der Waals surface area contributed by atoms with Crippen molar-refractivity contribution in [1.82, 2.24) is 14.7 Å². The Labute approximate surface area is 139 Å². The maximum atomic E-state index is 12.4. The third-order valence-corrected chi connectivity index (χ3v) is 6.41. The second kappa shape index (κ2) is 7.08. The number of rotatable bonds is 4. The first-order valence-corrected chi connectivity index (χ1v) is 9.70. The zero-order valence-corrected chi connectivity index (χ0v) is 14.3. The maximum Gasteiger partial charge on any atom is 0.251 e. The third-order valence-electron chi connectivity index (χ3n) is 6.41. The summed E-state index contributed by atoms with van der Waals surface area (Å²) in [6, 6.07) is 1.74. The molecule has 5 nitrogen and oxygen atoms in total.